The molecule has 0 aromatic carbocycles. The third kappa shape index (κ3) is 5.71. The summed E-state index contributed by atoms with van der Waals surface area (Å²) in [6.45, 7) is 6.84. The number of aromatic nitrogens is 1. The van der Waals surface area contributed by atoms with E-state index < -0.39 is 0 Å². The molecule has 1 aromatic heterocycles. The highest BCUT2D eigenvalue weighted by Gasteiger charge is 2.20. The molecule has 0 saturated heterocycles. The lowest BCUT2D eigenvalue weighted by molar-refractivity contribution is -0.124. The van der Waals surface area contributed by atoms with Crippen LogP contribution < -0.4 is 15.4 Å². The summed E-state index contributed by atoms with van der Waals surface area (Å²) >= 11 is 0. The van der Waals surface area contributed by atoms with Gasteiger partial charge in [-0.1, -0.05) is 6.92 Å². The van der Waals surface area contributed by atoms with Crippen LogP contribution in [0.15, 0.2) is 18.3 Å². The number of hydrogen-bond donors (Lipinski definition) is 2. The molecule has 0 atom stereocenters. The second-order valence-corrected chi connectivity index (χ2v) is 6.21. The zero-order chi connectivity index (χ0) is 15.3. The highest BCUT2D eigenvalue weighted by molar-refractivity contribution is 5.78. The number of hydrogen-bond acceptors (Lipinski definition) is 4. The summed E-state index contributed by atoms with van der Waals surface area (Å²) in [6, 6.07) is 4.46. The molecule has 2 N–H and O–H groups in total. The molecule has 21 heavy (non-hydrogen) atoms. The van der Waals surface area contributed by atoms with E-state index in [0.717, 1.165) is 18.7 Å². The second-order valence-electron chi connectivity index (χ2n) is 6.21. The number of nitrogens with zero attached hydrogens (tertiary/aromatic N) is 1. The zero-order valence-corrected chi connectivity index (χ0v) is 13.1. The van der Waals surface area contributed by atoms with Crippen molar-refractivity contribution in [2.45, 2.75) is 58.2 Å². The Morgan fingerprint density at radius 2 is 2.19 bits per heavy atom. The lowest BCUT2D eigenvalue weighted by Gasteiger charge is -2.24. The van der Waals surface area contributed by atoms with Crippen LogP contribution in [-0.2, 0) is 11.3 Å². The van der Waals surface area contributed by atoms with Gasteiger partial charge < -0.3 is 15.4 Å². The van der Waals surface area contributed by atoms with Gasteiger partial charge in [0.05, 0.1) is 11.9 Å². The molecule has 1 aliphatic rings. The lowest BCUT2D eigenvalue weighted by atomic mass is 10.0. The largest absolute Gasteiger partial charge is 0.482 e. The number of ether oxygens (including phenoxy) is 1. The van der Waals surface area contributed by atoms with E-state index in [0.29, 0.717) is 11.8 Å². The van der Waals surface area contributed by atoms with Crippen LogP contribution in [0.2, 0.25) is 0 Å². The van der Waals surface area contributed by atoms with Gasteiger partial charge in [-0.15, -0.1) is 0 Å². The molecule has 5 nitrogen and oxygen atoms in total. The van der Waals surface area contributed by atoms with E-state index in [1.807, 2.05) is 32.9 Å². The normalized spacial score (nSPS) is 14.8. The van der Waals surface area contributed by atoms with Crippen LogP contribution in [-0.4, -0.2) is 29.1 Å². The van der Waals surface area contributed by atoms with Crippen molar-refractivity contribution in [3.05, 3.63) is 24.0 Å². The van der Waals surface area contributed by atoms with E-state index in [2.05, 4.69) is 15.6 Å². The third-order valence-electron chi connectivity index (χ3n) is 3.68. The minimum Gasteiger partial charge on any atom is -0.482 e. The highest BCUT2D eigenvalue weighted by Crippen LogP contribution is 2.19. The smallest absolute Gasteiger partial charge is 0.258 e. The molecular formula is C16H25N3O2. The van der Waals surface area contributed by atoms with E-state index in [1.165, 1.54) is 12.8 Å². The van der Waals surface area contributed by atoms with Crippen molar-refractivity contribution in [2.75, 3.05) is 6.61 Å². The molecule has 0 radical (unpaired) electrons. The predicted molar refractivity (Wildman–Crippen MR) is 82.1 cm³/mol. The maximum atomic E-state index is 11.8. The van der Waals surface area contributed by atoms with Crippen molar-refractivity contribution in [2.24, 2.45) is 0 Å². The van der Waals surface area contributed by atoms with E-state index in [9.17, 15) is 4.79 Å². The minimum absolute atomic E-state index is 0.0186. The summed E-state index contributed by atoms with van der Waals surface area (Å²) in [6.07, 6.45) is 5.08. The summed E-state index contributed by atoms with van der Waals surface area (Å²) in [5, 5.41) is 6.34. The maximum Gasteiger partial charge on any atom is 0.258 e. The third-order valence-corrected chi connectivity index (χ3v) is 3.68. The van der Waals surface area contributed by atoms with Gasteiger partial charge in [0.25, 0.3) is 5.91 Å². The molecule has 116 valence electrons. The van der Waals surface area contributed by atoms with Gasteiger partial charge in [0, 0.05) is 18.1 Å². The molecule has 1 aliphatic carbocycles. The number of pyridine rings is 1. The molecule has 1 amide bonds. The van der Waals surface area contributed by atoms with Crippen molar-refractivity contribution in [1.29, 1.82) is 0 Å². The Labute approximate surface area is 126 Å². The first-order valence-corrected chi connectivity index (χ1v) is 7.60. The summed E-state index contributed by atoms with van der Waals surface area (Å²) < 4.78 is 5.46. The van der Waals surface area contributed by atoms with Crippen LogP contribution in [0.4, 0.5) is 0 Å². The zero-order valence-electron chi connectivity index (χ0n) is 13.1. The summed E-state index contributed by atoms with van der Waals surface area (Å²) in [4.78, 5) is 16.1. The van der Waals surface area contributed by atoms with Crippen LogP contribution >= 0.6 is 0 Å². The number of carbonyl (C=O) groups excluding carboxylic acids is 1. The van der Waals surface area contributed by atoms with Crippen LogP contribution in [0, 0.1) is 0 Å². The Bertz CT molecular complexity index is 467. The Kier molecular flexibility index (Phi) is 5.17. The SMILES string of the molecule is CCC(C)(C)NC(=O)COc1ccc(CNC2CC2)nc1. The Morgan fingerprint density at radius 3 is 2.76 bits per heavy atom. The van der Waals surface area contributed by atoms with Crippen molar-refractivity contribution in [1.82, 2.24) is 15.6 Å². The Hall–Kier alpha value is -1.62. The number of nitrogens with one attached hydrogen (secondary N) is 2. The average Bonchev–Trinajstić information content (AvgIpc) is 3.28. The minimum atomic E-state index is -0.197. The first kappa shape index (κ1) is 15.8. The van der Waals surface area contributed by atoms with Gasteiger partial charge in [-0.25, -0.2) is 0 Å². The van der Waals surface area contributed by atoms with Gasteiger partial charge >= 0.3 is 0 Å². The van der Waals surface area contributed by atoms with Gasteiger partial charge in [-0.2, -0.15) is 0 Å². The first-order valence-electron chi connectivity index (χ1n) is 7.60. The van der Waals surface area contributed by atoms with Crippen LogP contribution in [0.25, 0.3) is 0 Å². The molecule has 0 bridgehead atoms. The average molecular weight is 291 g/mol. The second kappa shape index (κ2) is 6.89. The van der Waals surface area contributed by atoms with Gasteiger partial charge in [-0.05, 0) is 45.2 Å². The quantitative estimate of drug-likeness (QED) is 0.769. The van der Waals surface area contributed by atoms with Gasteiger partial charge in [0.2, 0.25) is 0 Å². The van der Waals surface area contributed by atoms with Gasteiger partial charge in [0.1, 0.15) is 5.75 Å². The van der Waals surface area contributed by atoms with Crippen molar-refractivity contribution < 1.29 is 9.53 Å². The summed E-state index contributed by atoms with van der Waals surface area (Å²) in [5.74, 6) is 0.510. The molecule has 2 rings (SSSR count). The Balaban J connectivity index is 1.73. The van der Waals surface area contributed by atoms with Gasteiger partial charge in [-0.3, -0.25) is 9.78 Å². The van der Waals surface area contributed by atoms with E-state index in [-0.39, 0.29) is 18.1 Å². The number of rotatable bonds is 8. The first-order chi connectivity index (χ1) is 9.98. The van der Waals surface area contributed by atoms with Crippen LogP contribution in [0.3, 0.4) is 0 Å². The molecule has 0 unspecified atom stereocenters. The van der Waals surface area contributed by atoms with Crippen molar-refractivity contribution in [3.8, 4) is 5.75 Å². The van der Waals surface area contributed by atoms with E-state index >= 15 is 0 Å². The van der Waals surface area contributed by atoms with Crippen molar-refractivity contribution in [3.63, 3.8) is 0 Å². The van der Waals surface area contributed by atoms with Crippen LogP contribution in [0.5, 0.6) is 5.75 Å². The fourth-order valence-electron chi connectivity index (χ4n) is 1.79. The van der Waals surface area contributed by atoms with Gasteiger partial charge in [0.15, 0.2) is 6.61 Å². The molecular weight excluding hydrogens is 266 g/mol. The fraction of sp³-hybridized carbons (Fsp3) is 0.625. The number of amides is 1. The number of carbonyl (C=O) groups is 1. The molecule has 5 heteroatoms. The van der Waals surface area contributed by atoms with E-state index in [1.54, 1.807) is 6.20 Å². The summed E-state index contributed by atoms with van der Waals surface area (Å²) in [5.41, 5.74) is 0.794. The topological polar surface area (TPSA) is 63.2 Å². The van der Waals surface area contributed by atoms with Crippen LogP contribution in [0.1, 0.15) is 45.7 Å². The molecule has 1 aromatic rings. The fourth-order valence-corrected chi connectivity index (χ4v) is 1.79. The molecule has 1 fully saturated rings. The standard InChI is InChI=1S/C16H25N3O2/c1-4-16(2,3)19-15(20)11-21-14-8-7-13(18-10-14)9-17-12-5-6-12/h7-8,10,12,17H,4-6,9,11H2,1-3H3,(H,19,20). The highest BCUT2D eigenvalue weighted by atomic mass is 16.5. The van der Waals surface area contributed by atoms with E-state index in [4.69, 9.17) is 4.74 Å². The lowest BCUT2D eigenvalue weighted by Crippen LogP contribution is -2.44. The monoisotopic (exact) mass is 291 g/mol. The van der Waals surface area contributed by atoms with Crippen molar-refractivity contribution >= 4 is 5.91 Å². The predicted octanol–water partition coefficient (Wildman–Crippen LogP) is 2.02. The molecule has 1 saturated carbocycles. The Morgan fingerprint density at radius 1 is 1.43 bits per heavy atom. The molecule has 0 spiro atoms. The summed E-state index contributed by atoms with van der Waals surface area (Å²) in [7, 11) is 0. The maximum absolute atomic E-state index is 11.8. The molecule has 0 aliphatic heterocycles. The molecule has 1 heterocycles.